The highest BCUT2D eigenvalue weighted by atomic mass is 35.5. The van der Waals surface area contributed by atoms with Gasteiger partial charge in [-0.1, -0.05) is 35.3 Å². The van der Waals surface area contributed by atoms with E-state index in [1.54, 1.807) is 6.07 Å². The standard InChI is InChI=1S/C13H15Cl2N3/c14-10-3-1-2-9(12(10)15)11-6-17-13(16)18(11)7-8-4-5-8/h1-3,8,11H,4-7H2,(H2,16,17). The van der Waals surface area contributed by atoms with E-state index in [1.165, 1.54) is 12.8 Å². The molecule has 2 N–H and O–H groups in total. The van der Waals surface area contributed by atoms with Crippen LogP contribution < -0.4 is 5.73 Å². The molecule has 2 aliphatic rings. The third kappa shape index (κ3) is 2.17. The van der Waals surface area contributed by atoms with Crippen LogP contribution in [0.25, 0.3) is 0 Å². The molecule has 1 aromatic rings. The Hall–Kier alpha value is -0.930. The zero-order valence-corrected chi connectivity index (χ0v) is 11.5. The third-order valence-corrected chi connectivity index (χ3v) is 4.42. The summed E-state index contributed by atoms with van der Waals surface area (Å²) in [4.78, 5) is 6.51. The van der Waals surface area contributed by atoms with Crippen molar-refractivity contribution in [3.63, 3.8) is 0 Å². The first-order chi connectivity index (χ1) is 8.66. The first-order valence-corrected chi connectivity index (χ1v) is 6.93. The van der Waals surface area contributed by atoms with Gasteiger partial charge in [0.15, 0.2) is 5.96 Å². The summed E-state index contributed by atoms with van der Waals surface area (Å²) in [6.07, 6.45) is 2.58. The van der Waals surface area contributed by atoms with E-state index in [0.29, 0.717) is 22.5 Å². The Bertz CT molecular complexity index is 497. The molecular formula is C13H15Cl2N3. The van der Waals surface area contributed by atoms with Gasteiger partial charge >= 0.3 is 0 Å². The van der Waals surface area contributed by atoms with Crippen LogP contribution in [-0.2, 0) is 0 Å². The topological polar surface area (TPSA) is 41.6 Å². The van der Waals surface area contributed by atoms with Gasteiger partial charge in [0.2, 0.25) is 0 Å². The van der Waals surface area contributed by atoms with Crippen LogP contribution in [-0.4, -0.2) is 23.9 Å². The van der Waals surface area contributed by atoms with Crippen LogP contribution in [0.3, 0.4) is 0 Å². The summed E-state index contributed by atoms with van der Waals surface area (Å²) in [5.41, 5.74) is 6.99. The molecule has 3 nitrogen and oxygen atoms in total. The highest BCUT2D eigenvalue weighted by molar-refractivity contribution is 6.42. The van der Waals surface area contributed by atoms with Crippen molar-refractivity contribution in [3.8, 4) is 0 Å². The van der Waals surface area contributed by atoms with Crippen LogP contribution in [0.4, 0.5) is 0 Å². The molecule has 5 heteroatoms. The SMILES string of the molecule is NC1=NCC(c2cccc(Cl)c2Cl)N1CC1CC1. The van der Waals surface area contributed by atoms with Gasteiger partial charge in [-0.05, 0) is 30.4 Å². The van der Waals surface area contributed by atoms with E-state index < -0.39 is 0 Å². The van der Waals surface area contributed by atoms with Crippen molar-refractivity contribution in [1.82, 2.24) is 4.90 Å². The predicted octanol–water partition coefficient (Wildman–Crippen LogP) is 3.07. The molecule has 1 atom stereocenters. The second-order valence-corrected chi connectivity index (χ2v) is 5.74. The molecular weight excluding hydrogens is 269 g/mol. The lowest BCUT2D eigenvalue weighted by molar-refractivity contribution is 0.334. The van der Waals surface area contributed by atoms with Gasteiger partial charge in [0.05, 0.1) is 22.6 Å². The molecule has 1 aliphatic heterocycles. The van der Waals surface area contributed by atoms with Gasteiger partial charge in [-0.25, -0.2) is 0 Å². The van der Waals surface area contributed by atoms with E-state index in [-0.39, 0.29) is 6.04 Å². The molecule has 96 valence electrons. The van der Waals surface area contributed by atoms with E-state index in [0.717, 1.165) is 18.0 Å². The lowest BCUT2D eigenvalue weighted by Gasteiger charge is -2.27. The molecule has 3 rings (SSSR count). The van der Waals surface area contributed by atoms with Gasteiger partial charge in [-0.3, -0.25) is 4.99 Å². The van der Waals surface area contributed by atoms with Crippen molar-refractivity contribution in [2.24, 2.45) is 16.6 Å². The largest absolute Gasteiger partial charge is 0.370 e. The maximum absolute atomic E-state index is 6.29. The second kappa shape index (κ2) is 4.63. The van der Waals surface area contributed by atoms with Crippen LogP contribution in [0.1, 0.15) is 24.4 Å². The Labute approximate surface area is 117 Å². The van der Waals surface area contributed by atoms with E-state index in [4.69, 9.17) is 28.9 Å². The average molecular weight is 284 g/mol. The van der Waals surface area contributed by atoms with E-state index in [9.17, 15) is 0 Å². The maximum atomic E-state index is 6.29. The fraction of sp³-hybridized carbons (Fsp3) is 0.462. The Kier molecular flexibility index (Phi) is 3.12. The van der Waals surface area contributed by atoms with Gasteiger partial charge < -0.3 is 10.6 Å². The van der Waals surface area contributed by atoms with Crippen molar-refractivity contribution in [3.05, 3.63) is 33.8 Å². The van der Waals surface area contributed by atoms with Crippen LogP contribution in [0.15, 0.2) is 23.2 Å². The fourth-order valence-corrected chi connectivity index (χ4v) is 2.81. The number of rotatable bonds is 3. The Morgan fingerprint density at radius 3 is 2.83 bits per heavy atom. The molecule has 0 amide bonds. The summed E-state index contributed by atoms with van der Waals surface area (Å²) in [5, 5.41) is 1.21. The summed E-state index contributed by atoms with van der Waals surface area (Å²) < 4.78 is 0. The first-order valence-electron chi connectivity index (χ1n) is 6.17. The maximum Gasteiger partial charge on any atom is 0.191 e. The lowest BCUT2D eigenvalue weighted by Crippen LogP contribution is -2.37. The first kappa shape index (κ1) is 12.1. The summed E-state index contributed by atoms with van der Waals surface area (Å²) in [6.45, 7) is 1.64. The molecule has 1 unspecified atom stereocenters. The van der Waals surface area contributed by atoms with E-state index in [1.807, 2.05) is 12.1 Å². The van der Waals surface area contributed by atoms with Gasteiger partial charge in [0.25, 0.3) is 0 Å². The molecule has 1 aromatic carbocycles. The van der Waals surface area contributed by atoms with Crippen LogP contribution >= 0.6 is 23.2 Å². The molecule has 1 heterocycles. The lowest BCUT2D eigenvalue weighted by atomic mass is 10.1. The normalized spacial score (nSPS) is 23.3. The minimum absolute atomic E-state index is 0.136. The van der Waals surface area contributed by atoms with Crippen molar-refractivity contribution >= 4 is 29.2 Å². The summed E-state index contributed by atoms with van der Waals surface area (Å²) in [5.74, 6) is 1.39. The third-order valence-electron chi connectivity index (χ3n) is 3.59. The minimum atomic E-state index is 0.136. The molecule has 0 spiro atoms. The van der Waals surface area contributed by atoms with Crippen molar-refractivity contribution in [2.45, 2.75) is 18.9 Å². The number of nitrogens with zero attached hydrogens (tertiary/aromatic N) is 2. The molecule has 1 aliphatic carbocycles. The number of halogens is 2. The molecule has 0 saturated heterocycles. The Balaban J connectivity index is 1.88. The monoisotopic (exact) mass is 283 g/mol. The number of hydrogen-bond acceptors (Lipinski definition) is 3. The summed E-state index contributed by atoms with van der Waals surface area (Å²) in [7, 11) is 0. The summed E-state index contributed by atoms with van der Waals surface area (Å²) in [6, 6.07) is 5.87. The van der Waals surface area contributed by atoms with Crippen LogP contribution in [0.2, 0.25) is 10.0 Å². The molecule has 0 aromatic heterocycles. The van der Waals surface area contributed by atoms with Gasteiger partial charge in [-0.15, -0.1) is 0 Å². The second-order valence-electron chi connectivity index (χ2n) is 4.95. The predicted molar refractivity (Wildman–Crippen MR) is 75.1 cm³/mol. The quantitative estimate of drug-likeness (QED) is 0.926. The van der Waals surface area contributed by atoms with E-state index in [2.05, 4.69) is 9.89 Å². The van der Waals surface area contributed by atoms with Crippen molar-refractivity contribution < 1.29 is 0 Å². The number of aliphatic imine (C=N–C) groups is 1. The summed E-state index contributed by atoms with van der Waals surface area (Å²) >= 11 is 12.4. The van der Waals surface area contributed by atoms with Gasteiger partial charge in [0, 0.05) is 6.54 Å². The smallest absolute Gasteiger partial charge is 0.191 e. The Morgan fingerprint density at radius 2 is 2.11 bits per heavy atom. The van der Waals surface area contributed by atoms with E-state index >= 15 is 0 Å². The highest BCUT2D eigenvalue weighted by Crippen LogP contribution is 2.38. The zero-order valence-electron chi connectivity index (χ0n) is 9.94. The van der Waals surface area contributed by atoms with Crippen molar-refractivity contribution in [2.75, 3.05) is 13.1 Å². The number of hydrogen-bond donors (Lipinski definition) is 1. The van der Waals surface area contributed by atoms with Crippen LogP contribution in [0.5, 0.6) is 0 Å². The fourth-order valence-electron chi connectivity index (χ4n) is 2.37. The van der Waals surface area contributed by atoms with Crippen molar-refractivity contribution in [1.29, 1.82) is 0 Å². The van der Waals surface area contributed by atoms with Crippen LogP contribution in [0, 0.1) is 5.92 Å². The highest BCUT2D eigenvalue weighted by Gasteiger charge is 2.34. The number of benzene rings is 1. The average Bonchev–Trinajstić information content (AvgIpc) is 3.09. The molecule has 0 bridgehead atoms. The van der Waals surface area contributed by atoms with Gasteiger partial charge in [0.1, 0.15) is 0 Å². The molecule has 1 saturated carbocycles. The molecule has 1 fully saturated rings. The number of guanidine groups is 1. The zero-order chi connectivity index (χ0) is 12.7. The molecule has 18 heavy (non-hydrogen) atoms. The van der Waals surface area contributed by atoms with Gasteiger partial charge in [-0.2, -0.15) is 0 Å². The Morgan fingerprint density at radius 1 is 1.33 bits per heavy atom. The minimum Gasteiger partial charge on any atom is -0.370 e. The number of nitrogens with two attached hydrogens (primary N) is 1. The molecule has 0 radical (unpaired) electrons.